The molecule has 3 rings (SSSR count). The van der Waals surface area contributed by atoms with Crippen molar-refractivity contribution in [1.29, 1.82) is 0 Å². The number of hydrogen-bond acceptors (Lipinski definition) is 3. The summed E-state index contributed by atoms with van der Waals surface area (Å²) in [5.41, 5.74) is 2.90. The molecule has 6 nitrogen and oxygen atoms in total. The molecule has 0 atom stereocenters. The third-order valence-electron chi connectivity index (χ3n) is 5.54. The number of urea groups is 1. The van der Waals surface area contributed by atoms with Crippen molar-refractivity contribution in [2.24, 2.45) is 5.92 Å². The minimum Gasteiger partial charge on any atom is -0.497 e. The first kappa shape index (κ1) is 21.7. The van der Waals surface area contributed by atoms with Crippen molar-refractivity contribution in [2.75, 3.05) is 32.1 Å². The van der Waals surface area contributed by atoms with Crippen LogP contribution in [0.5, 0.6) is 5.75 Å². The number of carbonyl (C=O) groups is 2. The second-order valence-corrected chi connectivity index (χ2v) is 7.90. The molecular formula is C24H31N3O3. The summed E-state index contributed by atoms with van der Waals surface area (Å²) in [6.07, 6.45) is 3.23. The van der Waals surface area contributed by atoms with Gasteiger partial charge in [-0.3, -0.25) is 4.79 Å². The predicted molar refractivity (Wildman–Crippen MR) is 119 cm³/mol. The number of piperidine rings is 1. The number of ether oxygens (including phenoxy) is 1. The number of methoxy groups -OCH3 is 1. The summed E-state index contributed by atoms with van der Waals surface area (Å²) >= 11 is 0. The molecule has 2 aromatic carbocycles. The quantitative estimate of drug-likeness (QED) is 0.726. The Bertz CT molecular complexity index is 860. The number of hydrogen-bond donors (Lipinski definition) is 2. The summed E-state index contributed by atoms with van der Waals surface area (Å²) in [7, 11) is 1.62. The van der Waals surface area contributed by atoms with E-state index in [1.165, 1.54) is 0 Å². The zero-order valence-corrected chi connectivity index (χ0v) is 17.8. The molecule has 1 fully saturated rings. The number of carbonyl (C=O) groups excluding carboxylic acids is 2. The molecule has 30 heavy (non-hydrogen) atoms. The number of amides is 3. The van der Waals surface area contributed by atoms with Crippen LogP contribution in [0, 0.1) is 12.8 Å². The van der Waals surface area contributed by atoms with E-state index in [0.29, 0.717) is 18.9 Å². The van der Waals surface area contributed by atoms with Crippen molar-refractivity contribution in [3.63, 3.8) is 0 Å². The zero-order valence-electron chi connectivity index (χ0n) is 17.8. The zero-order chi connectivity index (χ0) is 21.3. The summed E-state index contributed by atoms with van der Waals surface area (Å²) in [6, 6.07) is 15.4. The van der Waals surface area contributed by atoms with Crippen molar-refractivity contribution in [1.82, 2.24) is 10.2 Å². The molecule has 1 saturated heterocycles. The second-order valence-electron chi connectivity index (χ2n) is 7.90. The van der Waals surface area contributed by atoms with Gasteiger partial charge in [-0.1, -0.05) is 24.3 Å². The van der Waals surface area contributed by atoms with Gasteiger partial charge in [-0.15, -0.1) is 0 Å². The highest BCUT2D eigenvalue weighted by Gasteiger charge is 2.22. The van der Waals surface area contributed by atoms with Gasteiger partial charge in [-0.25, -0.2) is 4.79 Å². The van der Waals surface area contributed by atoms with Crippen LogP contribution in [0.1, 0.15) is 30.4 Å². The molecule has 0 spiro atoms. The number of nitrogens with one attached hydrogen (secondary N) is 2. The van der Waals surface area contributed by atoms with Crippen molar-refractivity contribution in [2.45, 2.75) is 32.6 Å². The first-order chi connectivity index (χ1) is 14.5. The number of anilines is 1. The van der Waals surface area contributed by atoms with Gasteiger partial charge in [0, 0.05) is 25.3 Å². The van der Waals surface area contributed by atoms with E-state index < -0.39 is 0 Å². The summed E-state index contributed by atoms with van der Waals surface area (Å²) in [5.74, 6) is 1.32. The van der Waals surface area contributed by atoms with Gasteiger partial charge in [0.2, 0.25) is 5.91 Å². The Morgan fingerprint density at radius 1 is 1.10 bits per heavy atom. The van der Waals surface area contributed by atoms with Crippen LogP contribution in [0.2, 0.25) is 0 Å². The lowest BCUT2D eigenvalue weighted by molar-refractivity contribution is -0.120. The highest BCUT2D eigenvalue weighted by Crippen LogP contribution is 2.21. The number of benzene rings is 2. The maximum atomic E-state index is 12.5. The lowest BCUT2D eigenvalue weighted by Crippen LogP contribution is -2.41. The van der Waals surface area contributed by atoms with E-state index in [1.807, 2.05) is 60.4 Å². The number of rotatable bonds is 7. The number of aryl methyl sites for hydroxylation is 1. The van der Waals surface area contributed by atoms with Crippen molar-refractivity contribution in [3.8, 4) is 5.75 Å². The first-order valence-electron chi connectivity index (χ1n) is 10.6. The van der Waals surface area contributed by atoms with Crippen LogP contribution in [0.3, 0.4) is 0 Å². The Morgan fingerprint density at radius 2 is 1.87 bits per heavy atom. The molecule has 1 heterocycles. The average Bonchev–Trinajstić information content (AvgIpc) is 2.74. The van der Waals surface area contributed by atoms with Crippen LogP contribution < -0.4 is 15.4 Å². The van der Waals surface area contributed by atoms with Crippen molar-refractivity contribution < 1.29 is 14.3 Å². The third-order valence-corrected chi connectivity index (χ3v) is 5.54. The Balaban J connectivity index is 1.34. The third kappa shape index (κ3) is 6.51. The molecule has 0 aromatic heterocycles. The van der Waals surface area contributed by atoms with Gasteiger partial charge < -0.3 is 20.3 Å². The van der Waals surface area contributed by atoms with Gasteiger partial charge in [0.25, 0.3) is 0 Å². The molecule has 6 heteroatoms. The van der Waals surface area contributed by atoms with Crippen LogP contribution in [0.15, 0.2) is 48.5 Å². The summed E-state index contributed by atoms with van der Waals surface area (Å²) in [5, 5.41) is 5.99. The first-order valence-corrected chi connectivity index (χ1v) is 10.6. The highest BCUT2D eigenvalue weighted by molar-refractivity contribution is 5.89. The molecule has 2 N–H and O–H groups in total. The van der Waals surface area contributed by atoms with E-state index in [-0.39, 0.29) is 11.9 Å². The molecule has 0 unspecified atom stereocenters. The normalized spacial score (nSPS) is 14.3. The van der Waals surface area contributed by atoms with Gasteiger partial charge in [0.1, 0.15) is 5.75 Å². The maximum Gasteiger partial charge on any atom is 0.321 e. The maximum absolute atomic E-state index is 12.5. The summed E-state index contributed by atoms with van der Waals surface area (Å²) < 4.78 is 5.20. The van der Waals surface area contributed by atoms with Crippen LogP contribution in [0.4, 0.5) is 10.5 Å². The molecule has 1 aliphatic heterocycles. The predicted octanol–water partition coefficient (Wildman–Crippen LogP) is 4.00. The summed E-state index contributed by atoms with van der Waals surface area (Å²) in [6.45, 7) is 4.18. The average molecular weight is 410 g/mol. The minimum absolute atomic E-state index is 0.0261. The van der Waals surface area contributed by atoms with Gasteiger partial charge in [0.05, 0.1) is 13.5 Å². The Hall–Kier alpha value is -3.02. The Labute approximate surface area is 178 Å². The molecular weight excluding hydrogens is 378 g/mol. The van der Waals surface area contributed by atoms with E-state index >= 15 is 0 Å². The highest BCUT2D eigenvalue weighted by atomic mass is 16.5. The topological polar surface area (TPSA) is 70.7 Å². The van der Waals surface area contributed by atoms with Crippen molar-refractivity contribution >= 4 is 17.6 Å². The van der Waals surface area contributed by atoms with Crippen LogP contribution in [-0.2, 0) is 11.2 Å². The fraction of sp³-hybridized carbons (Fsp3) is 0.417. The van der Waals surface area contributed by atoms with Crippen LogP contribution in [-0.4, -0.2) is 43.6 Å². The molecule has 1 aliphatic rings. The monoisotopic (exact) mass is 409 g/mol. The Kier molecular flexibility index (Phi) is 7.71. The van der Waals surface area contributed by atoms with E-state index in [4.69, 9.17) is 4.74 Å². The van der Waals surface area contributed by atoms with E-state index in [1.54, 1.807) is 7.11 Å². The van der Waals surface area contributed by atoms with E-state index in [0.717, 1.165) is 54.9 Å². The van der Waals surface area contributed by atoms with Gasteiger partial charge >= 0.3 is 6.03 Å². The molecule has 0 radical (unpaired) electrons. The molecule has 0 bridgehead atoms. The van der Waals surface area contributed by atoms with Gasteiger partial charge in [-0.2, -0.15) is 0 Å². The van der Waals surface area contributed by atoms with Gasteiger partial charge in [0.15, 0.2) is 0 Å². The van der Waals surface area contributed by atoms with Crippen molar-refractivity contribution in [3.05, 3.63) is 59.7 Å². The van der Waals surface area contributed by atoms with Gasteiger partial charge in [-0.05, 0) is 67.5 Å². The fourth-order valence-electron chi connectivity index (χ4n) is 3.80. The van der Waals surface area contributed by atoms with E-state index in [9.17, 15) is 9.59 Å². The lowest BCUT2D eigenvalue weighted by atomic mass is 9.93. The Morgan fingerprint density at radius 3 is 2.60 bits per heavy atom. The summed E-state index contributed by atoms with van der Waals surface area (Å²) in [4.78, 5) is 26.5. The van der Waals surface area contributed by atoms with E-state index in [2.05, 4.69) is 10.6 Å². The molecule has 0 aliphatic carbocycles. The lowest BCUT2D eigenvalue weighted by Gasteiger charge is -2.32. The largest absolute Gasteiger partial charge is 0.497 e. The van der Waals surface area contributed by atoms with Crippen LogP contribution >= 0.6 is 0 Å². The number of nitrogens with zero attached hydrogens (tertiary/aromatic N) is 1. The molecule has 0 saturated carbocycles. The molecule has 3 amide bonds. The number of likely N-dealkylation sites (tertiary alicyclic amines) is 1. The smallest absolute Gasteiger partial charge is 0.321 e. The fourth-order valence-corrected chi connectivity index (χ4v) is 3.80. The molecule has 160 valence electrons. The SMILES string of the molecule is COc1cccc(CC(=O)NCCC2CCN(C(=O)Nc3cccc(C)c3)CC2)c1. The standard InChI is InChI=1S/C24H31N3O3/c1-18-5-3-7-21(15-18)26-24(29)27-13-10-19(11-14-27)9-12-25-23(28)17-20-6-4-8-22(16-20)30-2/h3-8,15-16,19H,9-14,17H2,1-2H3,(H,25,28)(H,26,29). The van der Waals surface area contributed by atoms with Crippen LogP contribution in [0.25, 0.3) is 0 Å². The second kappa shape index (κ2) is 10.7. The molecule has 2 aromatic rings. The minimum atomic E-state index is -0.0364.